The summed E-state index contributed by atoms with van der Waals surface area (Å²) in [7, 11) is 0. The molecular weight excluding hydrogens is 272 g/mol. The summed E-state index contributed by atoms with van der Waals surface area (Å²) in [5.41, 5.74) is 7.25. The summed E-state index contributed by atoms with van der Waals surface area (Å²) in [6, 6.07) is 9.82. The van der Waals surface area contributed by atoms with E-state index >= 15 is 0 Å². The zero-order valence-electron chi connectivity index (χ0n) is 14.1. The molecule has 1 aromatic carbocycles. The number of benzene rings is 1. The van der Waals surface area contributed by atoms with Crippen LogP contribution in [0.1, 0.15) is 51.6 Å². The van der Waals surface area contributed by atoms with Crippen LogP contribution in [0.5, 0.6) is 0 Å². The lowest BCUT2D eigenvalue weighted by Crippen LogP contribution is -2.42. The lowest BCUT2D eigenvalue weighted by molar-refractivity contribution is -0.129. The normalized spacial score (nSPS) is 26.7. The Kier molecular flexibility index (Phi) is 6.01. The summed E-state index contributed by atoms with van der Waals surface area (Å²) >= 11 is 0. The van der Waals surface area contributed by atoms with Gasteiger partial charge < -0.3 is 11.1 Å². The maximum absolute atomic E-state index is 12.6. The predicted octanol–water partition coefficient (Wildman–Crippen LogP) is 3.51. The highest BCUT2D eigenvalue weighted by Crippen LogP contribution is 2.38. The van der Waals surface area contributed by atoms with Gasteiger partial charge in [-0.25, -0.2) is 0 Å². The summed E-state index contributed by atoms with van der Waals surface area (Å²) < 4.78 is 0. The Labute approximate surface area is 134 Å². The van der Waals surface area contributed by atoms with Gasteiger partial charge in [-0.1, -0.05) is 57.5 Å². The number of nitrogens with two attached hydrogens (primary N) is 1. The molecule has 0 aliphatic heterocycles. The first-order valence-corrected chi connectivity index (χ1v) is 8.57. The van der Waals surface area contributed by atoms with Crippen molar-refractivity contribution < 1.29 is 4.79 Å². The van der Waals surface area contributed by atoms with Crippen molar-refractivity contribution in [1.82, 2.24) is 5.32 Å². The van der Waals surface area contributed by atoms with E-state index in [1.807, 2.05) is 30.3 Å². The molecule has 1 saturated carbocycles. The molecule has 1 aliphatic carbocycles. The Morgan fingerprint density at radius 2 is 1.95 bits per heavy atom. The molecule has 1 amide bonds. The van der Waals surface area contributed by atoms with Crippen LogP contribution in [0.3, 0.4) is 0 Å². The molecular formula is C19H30N2O. The SMILES string of the molecule is CC1CCC(C(C)C)C(C(=O)NCC(N)c2ccccc2)C1. The summed E-state index contributed by atoms with van der Waals surface area (Å²) in [5.74, 6) is 2.05. The van der Waals surface area contributed by atoms with Gasteiger partial charge in [0.2, 0.25) is 5.91 Å². The van der Waals surface area contributed by atoms with E-state index in [1.165, 1.54) is 12.8 Å². The van der Waals surface area contributed by atoms with Gasteiger partial charge in [-0.3, -0.25) is 4.79 Å². The van der Waals surface area contributed by atoms with Crippen LogP contribution >= 0.6 is 0 Å². The number of carbonyl (C=O) groups is 1. The van der Waals surface area contributed by atoms with Crippen LogP contribution in [0.25, 0.3) is 0 Å². The number of nitrogens with one attached hydrogen (secondary N) is 1. The first kappa shape index (κ1) is 17.0. The van der Waals surface area contributed by atoms with Crippen molar-refractivity contribution in [2.45, 2.75) is 46.1 Å². The topological polar surface area (TPSA) is 55.1 Å². The van der Waals surface area contributed by atoms with Crippen molar-refractivity contribution >= 4 is 5.91 Å². The smallest absolute Gasteiger partial charge is 0.223 e. The fraction of sp³-hybridized carbons (Fsp3) is 0.632. The fourth-order valence-corrected chi connectivity index (χ4v) is 3.66. The Morgan fingerprint density at radius 1 is 1.27 bits per heavy atom. The van der Waals surface area contributed by atoms with Crippen LogP contribution in [0, 0.1) is 23.7 Å². The molecule has 0 radical (unpaired) electrons. The molecule has 0 aromatic heterocycles. The maximum Gasteiger partial charge on any atom is 0.223 e. The quantitative estimate of drug-likeness (QED) is 0.874. The zero-order valence-corrected chi connectivity index (χ0v) is 14.1. The summed E-state index contributed by atoms with van der Waals surface area (Å²) in [4.78, 5) is 12.6. The predicted molar refractivity (Wildman–Crippen MR) is 91.2 cm³/mol. The third-order valence-electron chi connectivity index (χ3n) is 5.08. The lowest BCUT2D eigenvalue weighted by Gasteiger charge is -2.36. The minimum atomic E-state index is -0.135. The van der Waals surface area contributed by atoms with E-state index in [-0.39, 0.29) is 17.9 Å². The highest BCUT2D eigenvalue weighted by Gasteiger charge is 2.35. The fourth-order valence-electron chi connectivity index (χ4n) is 3.66. The second-order valence-corrected chi connectivity index (χ2v) is 7.19. The van der Waals surface area contributed by atoms with Gasteiger partial charge in [0, 0.05) is 18.5 Å². The zero-order chi connectivity index (χ0) is 16.1. The van der Waals surface area contributed by atoms with Gasteiger partial charge >= 0.3 is 0 Å². The van der Waals surface area contributed by atoms with Gasteiger partial charge in [0.25, 0.3) is 0 Å². The molecule has 4 unspecified atom stereocenters. The third kappa shape index (κ3) is 4.33. The van der Waals surface area contributed by atoms with E-state index in [2.05, 4.69) is 26.1 Å². The summed E-state index contributed by atoms with van der Waals surface area (Å²) in [5, 5.41) is 3.09. The molecule has 0 heterocycles. The molecule has 0 spiro atoms. The van der Waals surface area contributed by atoms with Gasteiger partial charge in [0.1, 0.15) is 0 Å². The molecule has 0 bridgehead atoms. The summed E-state index contributed by atoms with van der Waals surface area (Å²) in [6.07, 6.45) is 3.42. The Hall–Kier alpha value is -1.35. The van der Waals surface area contributed by atoms with E-state index in [9.17, 15) is 4.79 Å². The van der Waals surface area contributed by atoms with Crippen LogP contribution in [0.15, 0.2) is 30.3 Å². The van der Waals surface area contributed by atoms with E-state index < -0.39 is 0 Å². The number of carbonyl (C=O) groups excluding carboxylic acids is 1. The van der Waals surface area contributed by atoms with Crippen molar-refractivity contribution in [3.8, 4) is 0 Å². The molecule has 0 saturated heterocycles. The van der Waals surface area contributed by atoms with Crippen molar-refractivity contribution in [2.24, 2.45) is 29.4 Å². The van der Waals surface area contributed by atoms with Crippen LogP contribution in [0.4, 0.5) is 0 Å². The lowest BCUT2D eigenvalue weighted by atomic mass is 9.70. The van der Waals surface area contributed by atoms with E-state index in [0.717, 1.165) is 12.0 Å². The van der Waals surface area contributed by atoms with Crippen LogP contribution in [-0.4, -0.2) is 12.5 Å². The first-order chi connectivity index (χ1) is 10.5. The molecule has 3 N–H and O–H groups in total. The molecule has 1 aliphatic rings. The molecule has 1 fully saturated rings. The molecule has 3 nitrogen and oxygen atoms in total. The number of hydrogen-bond donors (Lipinski definition) is 2. The second kappa shape index (κ2) is 7.77. The minimum absolute atomic E-state index is 0.135. The molecule has 22 heavy (non-hydrogen) atoms. The summed E-state index contributed by atoms with van der Waals surface area (Å²) in [6.45, 7) is 7.23. The number of rotatable bonds is 5. The largest absolute Gasteiger partial charge is 0.354 e. The maximum atomic E-state index is 12.6. The van der Waals surface area contributed by atoms with Gasteiger partial charge in [-0.05, 0) is 36.2 Å². The van der Waals surface area contributed by atoms with Gasteiger partial charge in [0.05, 0.1) is 0 Å². The van der Waals surface area contributed by atoms with Crippen molar-refractivity contribution in [2.75, 3.05) is 6.54 Å². The highest BCUT2D eigenvalue weighted by atomic mass is 16.1. The standard InChI is InChI=1S/C19H30N2O/c1-13(2)16-10-9-14(3)11-17(16)19(22)21-12-18(20)15-7-5-4-6-8-15/h4-8,13-14,16-18H,9-12,20H2,1-3H3,(H,21,22). The monoisotopic (exact) mass is 302 g/mol. The average Bonchev–Trinajstić information content (AvgIpc) is 2.52. The van der Waals surface area contributed by atoms with Crippen LogP contribution < -0.4 is 11.1 Å². The third-order valence-corrected chi connectivity index (χ3v) is 5.08. The van der Waals surface area contributed by atoms with E-state index in [4.69, 9.17) is 5.73 Å². The minimum Gasteiger partial charge on any atom is -0.354 e. The molecule has 4 atom stereocenters. The van der Waals surface area contributed by atoms with Gasteiger partial charge in [0.15, 0.2) is 0 Å². The molecule has 1 aromatic rings. The van der Waals surface area contributed by atoms with Gasteiger partial charge in [-0.2, -0.15) is 0 Å². The molecule has 3 heteroatoms. The first-order valence-electron chi connectivity index (χ1n) is 8.57. The van der Waals surface area contributed by atoms with Crippen LogP contribution in [0.2, 0.25) is 0 Å². The number of hydrogen-bond acceptors (Lipinski definition) is 2. The Morgan fingerprint density at radius 3 is 2.59 bits per heavy atom. The van der Waals surface area contributed by atoms with E-state index in [0.29, 0.717) is 24.3 Å². The highest BCUT2D eigenvalue weighted by molar-refractivity contribution is 5.79. The Bertz CT molecular complexity index is 472. The van der Waals surface area contributed by atoms with E-state index in [1.54, 1.807) is 0 Å². The molecule has 2 rings (SSSR count). The second-order valence-electron chi connectivity index (χ2n) is 7.19. The van der Waals surface area contributed by atoms with Crippen LogP contribution in [-0.2, 0) is 4.79 Å². The van der Waals surface area contributed by atoms with Crippen molar-refractivity contribution in [3.63, 3.8) is 0 Å². The van der Waals surface area contributed by atoms with Crippen molar-refractivity contribution in [3.05, 3.63) is 35.9 Å². The number of amides is 1. The Balaban J connectivity index is 1.92. The van der Waals surface area contributed by atoms with Gasteiger partial charge in [-0.15, -0.1) is 0 Å². The molecule has 122 valence electrons. The average molecular weight is 302 g/mol. The van der Waals surface area contributed by atoms with Crippen molar-refractivity contribution in [1.29, 1.82) is 0 Å².